The van der Waals surface area contributed by atoms with Crippen LogP contribution >= 0.6 is 0 Å². The quantitative estimate of drug-likeness (QED) is 0.350. The molecule has 2 N–H and O–H groups in total. The van der Waals surface area contributed by atoms with Gasteiger partial charge in [0.15, 0.2) is 0 Å². The molecule has 1 saturated carbocycles. The Morgan fingerprint density at radius 1 is 1.05 bits per heavy atom. The normalized spacial score (nSPS) is 22.0. The molecule has 44 heavy (non-hydrogen) atoms. The third-order valence-corrected chi connectivity index (χ3v) is 9.45. The van der Waals surface area contributed by atoms with Gasteiger partial charge in [0.05, 0.1) is 35.4 Å². The number of piperidine rings is 1. The summed E-state index contributed by atoms with van der Waals surface area (Å²) in [7, 11) is 1.88. The SMILES string of the molecule is Cc1cc2cc(n1)-c1cnn(C)c1OCCCC(C1CC1)CN1/C(=N/C2=O)Nc2ccc(NCCCN3CCCCC3)cc21. The van der Waals surface area contributed by atoms with Crippen LogP contribution in [0.4, 0.5) is 17.1 Å². The maximum absolute atomic E-state index is 13.7. The molecule has 2 aromatic heterocycles. The van der Waals surface area contributed by atoms with Gasteiger partial charge in [0.2, 0.25) is 11.8 Å². The zero-order chi connectivity index (χ0) is 30.0. The van der Waals surface area contributed by atoms with E-state index in [-0.39, 0.29) is 5.91 Å². The van der Waals surface area contributed by atoms with Gasteiger partial charge in [-0.25, -0.2) is 4.68 Å². The molecule has 1 atom stereocenters. The van der Waals surface area contributed by atoms with Crippen molar-refractivity contribution in [2.45, 2.75) is 58.3 Å². The molecule has 5 heterocycles. The number of aliphatic imine (C=N–C) groups is 1. The molecule has 232 valence electrons. The first-order valence-corrected chi connectivity index (χ1v) is 16.4. The first kappa shape index (κ1) is 28.8. The molecule has 10 nitrogen and oxygen atoms in total. The van der Waals surface area contributed by atoms with E-state index < -0.39 is 0 Å². The molecule has 1 aromatic carbocycles. The number of pyridine rings is 1. The van der Waals surface area contributed by atoms with Crippen molar-refractivity contribution in [2.75, 3.05) is 54.9 Å². The van der Waals surface area contributed by atoms with Crippen molar-refractivity contribution in [2.24, 2.45) is 23.9 Å². The number of aromatic nitrogens is 3. The molecule has 2 fully saturated rings. The van der Waals surface area contributed by atoms with Crippen LogP contribution in [0, 0.1) is 18.8 Å². The zero-order valence-electron chi connectivity index (χ0n) is 26.0. The van der Waals surface area contributed by atoms with Crippen molar-refractivity contribution in [3.8, 4) is 17.1 Å². The first-order valence-electron chi connectivity index (χ1n) is 16.4. The molecule has 0 radical (unpaired) electrons. The van der Waals surface area contributed by atoms with E-state index in [2.05, 4.69) is 43.7 Å². The lowest BCUT2D eigenvalue weighted by Gasteiger charge is -2.26. The van der Waals surface area contributed by atoms with E-state index in [1.807, 2.05) is 14.0 Å². The molecule has 1 amide bonds. The van der Waals surface area contributed by atoms with Gasteiger partial charge in [0, 0.05) is 37.1 Å². The number of carbonyl (C=O) groups is 1. The second-order valence-corrected chi connectivity index (χ2v) is 12.8. The fraction of sp³-hybridized carbons (Fsp3) is 0.529. The van der Waals surface area contributed by atoms with Gasteiger partial charge in [-0.15, -0.1) is 0 Å². The number of carbonyl (C=O) groups excluding carboxylic acids is 1. The van der Waals surface area contributed by atoms with Crippen LogP contribution in [-0.4, -0.2) is 70.9 Å². The lowest BCUT2D eigenvalue weighted by Crippen LogP contribution is -2.36. The van der Waals surface area contributed by atoms with E-state index in [0.29, 0.717) is 41.5 Å². The van der Waals surface area contributed by atoms with E-state index in [1.165, 1.54) is 45.2 Å². The minimum absolute atomic E-state index is 0.294. The lowest BCUT2D eigenvalue weighted by molar-refractivity contribution is 0.100. The predicted octanol–water partition coefficient (Wildman–Crippen LogP) is 5.71. The van der Waals surface area contributed by atoms with Crippen LogP contribution in [0.3, 0.4) is 0 Å². The van der Waals surface area contributed by atoms with Gasteiger partial charge in [-0.05, 0) is 114 Å². The molecule has 1 aliphatic carbocycles. The topological polar surface area (TPSA) is 99.9 Å². The summed E-state index contributed by atoms with van der Waals surface area (Å²) in [5.74, 6) is 2.16. The van der Waals surface area contributed by atoms with Crippen LogP contribution in [0.1, 0.15) is 67.4 Å². The fourth-order valence-corrected chi connectivity index (χ4v) is 6.92. The number of hydrogen-bond acceptors (Lipinski definition) is 8. The van der Waals surface area contributed by atoms with Crippen molar-refractivity contribution in [1.29, 1.82) is 0 Å². The van der Waals surface area contributed by atoms with Gasteiger partial charge >= 0.3 is 0 Å². The molecule has 1 saturated heterocycles. The molecular formula is C34H44N8O2. The second-order valence-electron chi connectivity index (χ2n) is 12.8. The smallest absolute Gasteiger partial charge is 0.280 e. The Hall–Kier alpha value is -3.92. The number of rotatable bonds is 6. The Kier molecular flexibility index (Phi) is 8.25. The number of aryl methyl sites for hydroxylation is 2. The van der Waals surface area contributed by atoms with E-state index in [4.69, 9.17) is 14.7 Å². The average molecular weight is 597 g/mol. The van der Waals surface area contributed by atoms with Crippen molar-refractivity contribution < 1.29 is 9.53 Å². The van der Waals surface area contributed by atoms with E-state index in [0.717, 1.165) is 67.2 Å². The summed E-state index contributed by atoms with van der Waals surface area (Å²) in [5.41, 5.74) is 5.86. The van der Waals surface area contributed by atoms with E-state index in [9.17, 15) is 4.79 Å². The highest BCUT2D eigenvalue weighted by molar-refractivity contribution is 6.19. The summed E-state index contributed by atoms with van der Waals surface area (Å²) in [6.45, 7) is 7.87. The second kappa shape index (κ2) is 12.6. The maximum Gasteiger partial charge on any atom is 0.280 e. The average Bonchev–Trinajstić information content (AvgIpc) is 3.73. The van der Waals surface area contributed by atoms with Crippen LogP contribution in [-0.2, 0) is 7.05 Å². The van der Waals surface area contributed by atoms with Crippen molar-refractivity contribution in [3.05, 3.63) is 47.8 Å². The Balaban J connectivity index is 1.16. The third-order valence-electron chi connectivity index (χ3n) is 9.45. The van der Waals surface area contributed by atoms with Crippen LogP contribution in [0.2, 0.25) is 0 Å². The maximum atomic E-state index is 13.7. The third kappa shape index (κ3) is 6.31. The summed E-state index contributed by atoms with van der Waals surface area (Å²) < 4.78 is 8.04. The summed E-state index contributed by atoms with van der Waals surface area (Å²) >= 11 is 0. The van der Waals surface area contributed by atoms with E-state index in [1.54, 1.807) is 23.0 Å². The Morgan fingerprint density at radius 2 is 1.91 bits per heavy atom. The fourth-order valence-electron chi connectivity index (χ4n) is 6.92. The number of hydrogen-bond donors (Lipinski definition) is 2. The monoisotopic (exact) mass is 596 g/mol. The van der Waals surface area contributed by atoms with Crippen LogP contribution in [0.25, 0.3) is 11.3 Å². The summed E-state index contributed by atoms with van der Waals surface area (Å²) in [4.78, 5) is 28.0. The molecule has 3 aromatic rings. The van der Waals surface area contributed by atoms with Gasteiger partial charge in [-0.1, -0.05) is 6.42 Å². The largest absolute Gasteiger partial charge is 0.477 e. The van der Waals surface area contributed by atoms with Crippen molar-refractivity contribution in [1.82, 2.24) is 19.7 Å². The number of ether oxygens (including phenoxy) is 1. The highest BCUT2D eigenvalue weighted by Crippen LogP contribution is 2.43. The lowest BCUT2D eigenvalue weighted by atomic mass is 9.97. The molecule has 0 spiro atoms. The zero-order valence-corrected chi connectivity index (χ0v) is 26.0. The summed E-state index contributed by atoms with van der Waals surface area (Å²) in [5, 5.41) is 11.6. The van der Waals surface area contributed by atoms with Crippen molar-refractivity contribution >= 4 is 28.9 Å². The number of nitrogens with one attached hydrogen (secondary N) is 2. The highest BCUT2D eigenvalue weighted by Gasteiger charge is 2.36. The van der Waals surface area contributed by atoms with Gasteiger partial charge in [0.25, 0.3) is 5.91 Å². The molecular weight excluding hydrogens is 552 g/mol. The molecule has 2 bridgehead atoms. The standard InChI is InChI=1S/C34H44N8O2/c1-23-18-26-19-30(37-23)28-21-36-40(2)33(28)44-17-6-8-25(24-9-10-24)22-42-31-20-27(11-12-29(31)38-34(42)39-32(26)43)35-13-7-16-41-14-4-3-5-15-41/h11-12,18-21,24-25,35H,3-10,13-17,22H2,1-2H3,(H,38,39,43). The van der Waals surface area contributed by atoms with Crippen molar-refractivity contribution in [3.63, 3.8) is 0 Å². The number of fused-ring (bicyclic) bond motifs is 7. The van der Waals surface area contributed by atoms with Gasteiger partial charge < -0.3 is 25.2 Å². The molecule has 10 heteroatoms. The first-order chi connectivity index (χ1) is 21.5. The minimum Gasteiger partial charge on any atom is -0.477 e. The summed E-state index contributed by atoms with van der Waals surface area (Å²) in [6.07, 6.45) is 11.4. The Labute approximate surface area is 259 Å². The van der Waals surface area contributed by atoms with Crippen LogP contribution < -0.4 is 20.3 Å². The number of guanidine groups is 1. The highest BCUT2D eigenvalue weighted by atomic mass is 16.5. The molecule has 3 aliphatic heterocycles. The van der Waals surface area contributed by atoms with Gasteiger partial charge in [-0.3, -0.25) is 9.78 Å². The van der Waals surface area contributed by atoms with Gasteiger partial charge in [0.1, 0.15) is 0 Å². The minimum atomic E-state index is -0.294. The van der Waals surface area contributed by atoms with E-state index >= 15 is 0 Å². The Bertz CT molecular complexity index is 1540. The summed E-state index contributed by atoms with van der Waals surface area (Å²) in [6, 6.07) is 10.1. The predicted molar refractivity (Wildman–Crippen MR) is 175 cm³/mol. The Morgan fingerprint density at radius 3 is 2.75 bits per heavy atom. The van der Waals surface area contributed by atoms with Crippen LogP contribution in [0.5, 0.6) is 5.88 Å². The molecule has 1 unspecified atom stereocenters. The molecule has 7 rings (SSSR count). The number of likely N-dealkylation sites (tertiary alicyclic amines) is 1. The number of amides is 1. The number of anilines is 3. The number of benzene rings is 1. The van der Waals surface area contributed by atoms with Crippen LogP contribution in [0.15, 0.2) is 41.5 Å². The molecule has 4 aliphatic rings. The number of nitrogens with zero attached hydrogens (tertiary/aromatic N) is 6. The van der Waals surface area contributed by atoms with Gasteiger partial charge in [-0.2, -0.15) is 10.1 Å².